The number of aryl methyl sites for hydroxylation is 3. The van der Waals surface area contributed by atoms with Gasteiger partial charge >= 0.3 is 0 Å². The normalized spacial score (nSPS) is 14.5. The van der Waals surface area contributed by atoms with Gasteiger partial charge in [-0.25, -0.2) is 0 Å². The van der Waals surface area contributed by atoms with E-state index < -0.39 is 0 Å². The molecule has 2 aromatic carbocycles. The van der Waals surface area contributed by atoms with Crippen molar-refractivity contribution in [3.8, 4) is 5.75 Å². The lowest BCUT2D eigenvalue weighted by Gasteiger charge is -2.34. The molecular formula is C25H27Cl2N3O3. The molecule has 2 heterocycles. The molecule has 1 aromatic heterocycles. The Labute approximate surface area is 204 Å². The fraction of sp³-hybridized carbons (Fsp3) is 0.360. The van der Waals surface area contributed by atoms with Crippen molar-refractivity contribution in [1.82, 2.24) is 15.0 Å². The number of benzene rings is 2. The van der Waals surface area contributed by atoms with E-state index in [1.807, 2.05) is 49.1 Å². The van der Waals surface area contributed by atoms with Gasteiger partial charge in [0.25, 0.3) is 5.91 Å². The zero-order valence-corrected chi connectivity index (χ0v) is 20.5. The Morgan fingerprint density at radius 1 is 1.03 bits per heavy atom. The number of nitrogens with zero attached hydrogens (tertiary/aromatic N) is 3. The second-order valence-corrected chi connectivity index (χ2v) is 9.25. The van der Waals surface area contributed by atoms with Crippen molar-refractivity contribution in [1.29, 1.82) is 0 Å². The average molecular weight is 488 g/mol. The Morgan fingerprint density at radius 3 is 2.48 bits per heavy atom. The molecule has 8 heteroatoms. The Bertz CT molecular complexity index is 1150. The van der Waals surface area contributed by atoms with Crippen LogP contribution < -0.4 is 4.74 Å². The van der Waals surface area contributed by atoms with Crippen LogP contribution in [0, 0.1) is 20.8 Å². The molecule has 0 spiro atoms. The van der Waals surface area contributed by atoms with Crippen LogP contribution in [0.25, 0.3) is 0 Å². The first-order chi connectivity index (χ1) is 15.8. The van der Waals surface area contributed by atoms with Gasteiger partial charge in [0.2, 0.25) is 0 Å². The highest BCUT2D eigenvalue weighted by Gasteiger charge is 2.28. The second-order valence-electron chi connectivity index (χ2n) is 8.44. The number of halogens is 2. The van der Waals surface area contributed by atoms with Gasteiger partial charge in [0, 0.05) is 32.7 Å². The number of carbonyl (C=O) groups is 1. The predicted octanol–water partition coefficient (Wildman–Crippen LogP) is 5.44. The van der Waals surface area contributed by atoms with Crippen LogP contribution in [0.5, 0.6) is 5.75 Å². The molecule has 3 aromatic rings. The number of amides is 1. The van der Waals surface area contributed by atoms with Crippen molar-refractivity contribution in [2.24, 2.45) is 0 Å². The van der Waals surface area contributed by atoms with Gasteiger partial charge in [-0.15, -0.1) is 0 Å². The molecule has 1 saturated heterocycles. The summed E-state index contributed by atoms with van der Waals surface area (Å²) in [5.41, 5.74) is 4.35. The highest BCUT2D eigenvalue weighted by molar-refractivity contribution is 6.42. The maximum Gasteiger partial charge on any atom is 0.276 e. The maximum absolute atomic E-state index is 13.2. The molecule has 0 bridgehead atoms. The monoisotopic (exact) mass is 487 g/mol. The van der Waals surface area contributed by atoms with Gasteiger partial charge in [0.15, 0.2) is 5.69 Å². The van der Waals surface area contributed by atoms with E-state index in [9.17, 15) is 4.79 Å². The van der Waals surface area contributed by atoms with E-state index in [4.69, 9.17) is 32.5 Å². The largest absolute Gasteiger partial charge is 0.488 e. The predicted molar refractivity (Wildman–Crippen MR) is 129 cm³/mol. The van der Waals surface area contributed by atoms with Crippen LogP contribution in [0.3, 0.4) is 0 Å². The van der Waals surface area contributed by atoms with Crippen molar-refractivity contribution < 1.29 is 14.1 Å². The molecule has 4 rings (SSSR count). The van der Waals surface area contributed by atoms with Crippen molar-refractivity contribution in [2.45, 2.75) is 33.9 Å². The number of hydrogen-bond donors (Lipinski definition) is 0. The number of ether oxygens (including phenoxy) is 1. The van der Waals surface area contributed by atoms with Gasteiger partial charge in [-0.3, -0.25) is 9.69 Å². The summed E-state index contributed by atoms with van der Waals surface area (Å²) in [6.45, 7) is 9.60. The summed E-state index contributed by atoms with van der Waals surface area (Å²) in [4.78, 5) is 17.3. The first-order valence-corrected chi connectivity index (χ1v) is 11.7. The first kappa shape index (κ1) is 23.6. The van der Waals surface area contributed by atoms with Gasteiger partial charge in [-0.05, 0) is 50.1 Å². The zero-order chi connectivity index (χ0) is 23.5. The van der Waals surface area contributed by atoms with Gasteiger partial charge < -0.3 is 14.2 Å². The summed E-state index contributed by atoms with van der Waals surface area (Å²) < 4.78 is 11.4. The summed E-state index contributed by atoms with van der Waals surface area (Å²) in [7, 11) is 0. The molecule has 174 valence electrons. The van der Waals surface area contributed by atoms with Crippen LogP contribution in [-0.2, 0) is 13.2 Å². The molecule has 1 amide bonds. The van der Waals surface area contributed by atoms with E-state index in [-0.39, 0.29) is 12.5 Å². The molecule has 1 fully saturated rings. The minimum Gasteiger partial charge on any atom is -0.488 e. The Kier molecular flexibility index (Phi) is 7.27. The number of hydrogen-bond acceptors (Lipinski definition) is 5. The zero-order valence-electron chi connectivity index (χ0n) is 19.0. The van der Waals surface area contributed by atoms with E-state index in [1.165, 1.54) is 5.56 Å². The number of rotatable bonds is 6. The summed E-state index contributed by atoms with van der Waals surface area (Å²) in [5.74, 6) is 1.26. The fourth-order valence-electron chi connectivity index (χ4n) is 4.00. The molecule has 1 aliphatic heterocycles. The molecule has 0 aliphatic carbocycles. The fourth-order valence-corrected chi connectivity index (χ4v) is 4.32. The van der Waals surface area contributed by atoms with Crippen LogP contribution in [0.2, 0.25) is 10.0 Å². The summed E-state index contributed by atoms with van der Waals surface area (Å²) in [5, 5.41) is 5.16. The summed E-state index contributed by atoms with van der Waals surface area (Å²) >= 11 is 12.1. The highest BCUT2D eigenvalue weighted by Crippen LogP contribution is 2.25. The standard InChI is InChI=1S/C25H27Cl2N3O3/c1-16-4-7-23(17(2)12-16)32-15-20-18(3)33-28-24(20)25(31)30-10-8-29(9-11-30)14-19-5-6-21(26)22(27)13-19/h4-7,12-13H,8-11,14-15H2,1-3H3. The smallest absolute Gasteiger partial charge is 0.276 e. The molecule has 0 radical (unpaired) electrons. The van der Waals surface area contributed by atoms with Gasteiger partial charge in [0.1, 0.15) is 18.1 Å². The van der Waals surface area contributed by atoms with Crippen LogP contribution in [0.1, 0.15) is 38.5 Å². The Hall–Kier alpha value is -2.54. The van der Waals surface area contributed by atoms with Gasteiger partial charge in [-0.1, -0.05) is 52.1 Å². The van der Waals surface area contributed by atoms with E-state index in [2.05, 4.69) is 16.1 Å². The third-order valence-corrected chi connectivity index (χ3v) is 6.68. The molecule has 0 N–H and O–H groups in total. The van der Waals surface area contributed by atoms with Crippen LogP contribution >= 0.6 is 23.2 Å². The molecule has 33 heavy (non-hydrogen) atoms. The van der Waals surface area contributed by atoms with Gasteiger partial charge in [0.05, 0.1) is 15.6 Å². The first-order valence-electron chi connectivity index (χ1n) is 10.9. The summed E-state index contributed by atoms with van der Waals surface area (Å²) in [6.07, 6.45) is 0. The maximum atomic E-state index is 13.2. The lowest BCUT2D eigenvalue weighted by molar-refractivity contribution is 0.0616. The molecular weight excluding hydrogens is 461 g/mol. The lowest BCUT2D eigenvalue weighted by atomic mass is 10.1. The Balaban J connectivity index is 1.37. The van der Waals surface area contributed by atoms with Crippen molar-refractivity contribution in [3.63, 3.8) is 0 Å². The third-order valence-electron chi connectivity index (χ3n) is 5.94. The van der Waals surface area contributed by atoms with E-state index in [0.717, 1.165) is 36.5 Å². The van der Waals surface area contributed by atoms with E-state index >= 15 is 0 Å². The van der Waals surface area contributed by atoms with Crippen LogP contribution in [0.4, 0.5) is 0 Å². The number of piperazine rings is 1. The topological polar surface area (TPSA) is 58.8 Å². The highest BCUT2D eigenvalue weighted by atomic mass is 35.5. The Morgan fingerprint density at radius 2 is 1.79 bits per heavy atom. The van der Waals surface area contributed by atoms with E-state index in [1.54, 1.807) is 6.92 Å². The van der Waals surface area contributed by atoms with Gasteiger partial charge in [-0.2, -0.15) is 0 Å². The molecule has 0 saturated carbocycles. The molecule has 6 nitrogen and oxygen atoms in total. The van der Waals surface area contributed by atoms with E-state index in [0.29, 0.717) is 40.2 Å². The third kappa shape index (κ3) is 5.52. The molecule has 1 aliphatic rings. The van der Waals surface area contributed by atoms with Crippen molar-refractivity contribution in [3.05, 3.63) is 80.2 Å². The minimum absolute atomic E-state index is 0.125. The van der Waals surface area contributed by atoms with Crippen LogP contribution in [-0.4, -0.2) is 47.0 Å². The number of aromatic nitrogens is 1. The SMILES string of the molecule is Cc1ccc(OCc2c(C(=O)N3CCN(Cc4ccc(Cl)c(Cl)c4)CC3)noc2C)c(C)c1. The average Bonchev–Trinajstić information content (AvgIpc) is 3.16. The number of carbonyl (C=O) groups excluding carboxylic acids is 1. The molecule has 0 atom stereocenters. The van der Waals surface area contributed by atoms with Crippen molar-refractivity contribution in [2.75, 3.05) is 26.2 Å². The molecule has 0 unspecified atom stereocenters. The van der Waals surface area contributed by atoms with Crippen LogP contribution in [0.15, 0.2) is 40.9 Å². The summed E-state index contributed by atoms with van der Waals surface area (Å²) in [6, 6.07) is 11.7. The van der Waals surface area contributed by atoms with Crippen molar-refractivity contribution >= 4 is 29.1 Å². The lowest BCUT2D eigenvalue weighted by Crippen LogP contribution is -2.48. The quantitative estimate of drug-likeness (QED) is 0.462. The minimum atomic E-state index is -0.125. The second kappa shape index (κ2) is 10.2.